The molecule has 3 aliphatic rings. The van der Waals surface area contributed by atoms with Crippen LogP contribution in [0.3, 0.4) is 0 Å². The van der Waals surface area contributed by atoms with Crippen molar-refractivity contribution >= 4 is 0 Å². The van der Waals surface area contributed by atoms with Crippen molar-refractivity contribution in [2.45, 2.75) is 57.7 Å². The average Bonchev–Trinajstić information content (AvgIpc) is 3.17. The van der Waals surface area contributed by atoms with Gasteiger partial charge in [-0.25, -0.2) is 0 Å². The van der Waals surface area contributed by atoms with Crippen LogP contribution >= 0.6 is 0 Å². The van der Waals surface area contributed by atoms with Gasteiger partial charge in [-0.15, -0.1) is 0 Å². The predicted octanol–water partition coefficient (Wildman–Crippen LogP) is 1.79. The highest BCUT2D eigenvalue weighted by atomic mass is 15.3. The molecule has 4 atom stereocenters. The zero-order valence-corrected chi connectivity index (χ0v) is 13.2. The van der Waals surface area contributed by atoms with Crippen LogP contribution < -0.4 is 5.32 Å². The van der Waals surface area contributed by atoms with E-state index in [4.69, 9.17) is 0 Å². The Hall–Kier alpha value is -0.120. The van der Waals surface area contributed by atoms with Crippen LogP contribution in [-0.4, -0.2) is 60.6 Å². The van der Waals surface area contributed by atoms with E-state index in [9.17, 15) is 0 Å². The molecule has 3 nitrogen and oxygen atoms in total. The lowest BCUT2D eigenvalue weighted by Gasteiger charge is -2.52. The molecule has 3 rings (SSSR count). The molecule has 4 unspecified atom stereocenters. The van der Waals surface area contributed by atoms with Gasteiger partial charge in [0.05, 0.1) is 0 Å². The second-order valence-electron chi connectivity index (χ2n) is 7.69. The number of hydrogen-bond acceptors (Lipinski definition) is 3. The van der Waals surface area contributed by atoms with E-state index in [1.165, 1.54) is 45.4 Å². The lowest BCUT2D eigenvalue weighted by Crippen LogP contribution is -2.67. The standard InChI is InChI=1S/C16H31N3/c1-12-10-18(4)8-7-15(12)19-11-16(3,14-5-6-14)17-9-13(19)2/h12-15,17H,5-11H2,1-4H3. The second-order valence-corrected chi connectivity index (χ2v) is 7.69. The van der Waals surface area contributed by atoms with Crippen molar-refractivity contribution in [1.29, 1.82) is 0 Å². The van der Waals surface area contributed by atoms with Crippen LogP contribution in [0.4, 0.5) is 0 Å². The molecule has 19 heavy (non-hydrogen) atoms. The summed E-state index contributed by atoms with van der Waals surface area (Å²) in [6, 6.07) is 1.49. The van der Waals surface area contributed by atoms with Gasteiger partial charge in [-0.1, -0.05) is 6.92 Å². The maximum atomic E-state index is 3.85. The Labute approximate surface area is 118 Å². The summed E-state index contributed by atoms with van der Waals surface area (Å²) in [6.07, 6.45) is 4.23. The molecule has 2 saturated heterocycles. The van der Waals surface area contributed by atoms with Gasteiger partial charge >= 0.3 is 0 Å². The van der Waals surface area contributed by atoms with Crippen molar-refractivity contribution in [2.75, 3.05) is 33.2 Å². The minimum Gasteiger partial charge on any atom is -0.308 e. The zero-order chi connectivity index (χ0) is 13.6. The third-order valence-electron chi connectivity index (χ3n) is 5.85. The van der Waals surface area contributed by atoms with Crippen LogP contribution in [0.15, 0.2) is 0 Å². The highest BCUT2D eigenvalue weighted by Gasteiger charge is 2.47. The molecule has 2 heterocycles. The van der Waals surface area contributed by atoms with E-state index in [-0.39, 0.29) is 0 Å². The number of hydrogen-bond donors (Lipinski definition) is 1. The highest BCUT2D eigenvalue weighted by Crippen LogP contribution is 2.42. The third-order valence-corrected chi connectivity index (χ3v) is 5.85. The van der Waals surface area contributed by atoms with E-state index in [0.717, 1.165) is 17.9 Å². The summed E-state index contributed by atoms with van der Waals surface area (Å²) in [7, 11) is 2.27. The topological polar surface area (TPSA) is 18.5 Å². The minimum absolute atomic E-state index is 0.385. The Bertz CT molecular complexity index is 328. The summed E-state index contributed by atoms with van der Waals surface area (Å²) in [5.41, 5.74) is 0.385. The van der Waals surface area contributed by atoms with E-state index < -0.39 is 0 Å². The van der Waals surface area contributed by atoms with Crippen LogP contribution in [0.25, 0.3) is 0 Å². The lowest BCUT2D eigenvalue weighted by atomic mass is 9.85. The molecule has 1 N–H and O–H groups in total. The fourth-order valence-corrected chi connectivity index (χ4v) is 4.36. The smallest absolute Gasteiger partial charge is 0.0309 e. The molecule has 0 bridgehead atoms. The zero-order valence-electron chi connectivity index (χ0n) is 13.2. The molecular formula is C16H31N3. The average molecular weight is 265 g/mol. The Morgan fingerprint density at radius 3 is 2.53 bits per heavy atom. The lowest BCUT2D eigenvalue weighted by molar-refractivity contribution is -0.00210. The molecular weight excluding hydrogens is 234 g/mol. The molecule has 1 saturated carbocycles. The van der Waals surface area contributed by atoms with E-state index in [0.29, 0.717) is 11.6 Å². The predicted molar refractivity (Wildman–Crippen MR) is 80.4 cm³/mol. The minimum atomic E-state index is 0.385. The number of nitrogens with zero attached hydrogens (tertiary/aromatic N) is 2. The van der Waals surface area contributed by atoms with Crippen molar-refractivity contribution in [3.05, 3.63) is 0 Å². The third kappa shape index (κ3) is 2.70. The summed E-state index contributed by atoms with van der Waals surface area (Å²) >= 11 is 0. The van der Waals surface area contributed by atoms with Crippen LogP contribution in [0, 0.1) is 11.8 Å². The van der Waals surface area contributed by atoms with E-state index >= 15 is 0 Å². The summed E-state index contributed by atoms with van der Waals surface area (Å²) in [5, 5.41) is 3.85. The van der Waals surface area contributed by atoms with Crippen LogP contribution in [0.5, 0.6) is 0 Å². The Morgan fingerprint density at radius 2 is 1.89 bits per heavy atom. The molecule has 0 aromatic heterocycles. The first-order valence-electron chi connectivity index (χ1n) is 8.19. The summed E-state index contributed by atoms with van der Waals surface area (Å²) in [5.74, 6) is 1.74. The van der Waals surface area contributed by atoms with Crippen molar-refractivity contribution in [3.63, 3.8) is 0 Å². The number of piperidine rings is 1. The van der Waals surface area contributed by atoms with Crippen molar-refractivity contribution < 1.29 is 0 Å². The monoisotopic (exact) mass is 265 g/mol. The summed E-state index contributed by atoms with van der Waals surface area (Å²) in [4.78, 5) is 5.33. The van der Waals surface area contributed by atoms with Crippen molar-refractivity contribution in [3.8, 4) is 0 Å². The second kappa shape index (κ2) is 5.01. The van der Waals surface area contributed by atoms with Gasteiger partial charge in [0.15, 0.2) is 0 Å². The first-order valence-corrected chi connectivity index (χ1v) is 8.19. The van der Waals surface area contributed by atoms with E-state index in [1.807, 2.05) is 0 Å². The molecule has 0 aromatic rings. The number of piperazine rings is 1. The molecule has 0 aromatic carbocycles. The summed E-state index contributed by atoms with van der Waals surface area (Å²) < 4.78 is 0. The van der Waals surface area contributed by atoms with Crippen molar-refractivity contribution in [2.24, 2.45) is 11.8 Å². The maximum Gasteiger partial charge on any atom is 0.0309 e. The molecule has 2 aliphatic heterocycles. The van der Waals surface area contributed by atoms with Gasteiger partial charge < -0.3 is 10.2 Å². The van der Waals surface area contributed by atoms with Gasteiger partial charge in [0.25, 0.3) is 0 Å². The first-order chi connectivity index (χ1) is 8.99. The number of rotatable bonds is 2. The van der Waals surface area contributed by atoms with Gasteiger partial charge in [-0.3, -0.25) is 4.90 Å². The Morgan fingerprint density at radius 1 is 1.16 bits per heavy atom. The van der Waals surface area contributed by atoms with Crippen LogP contribution in [-0.2, 0) is 0 Å². The van der Waals surface area contributed by atoms with Gasteiger partial charge in [-0.2, -0.15) is 0 Å². The fraction of sp³-hybridized carbons (Fsp3) is 1.00. The molecule has 3 fully saturated rings. The largest absolute Gasteiger partial charge is 0.308 e. The molecule has 1 aliphatic carbocycles. The highest BCUT2D eigenvalue weighted by molar-refractivity contribution is 5.05. The molecule has 110 valence electrons. The molecule has 0 radical (unpaired) electrons. The summed E-state index contributed by atoms with van der Waals surface area (Å²) in [6.45, 7) is 12.3. The van der Waals surface area contributed by atoms with Gasteiger partial charge in [0.1, 0.15) is 0 Å². The van der Waals surface area contributed by atoms with Crippen LogP contribution in [0.1, 0.15) is 40.0 Å². The van der Waals surface area contributed by atoms with E-state index in [1.54, 1.807) is 0 Å². The number of likely N-dealkylation sites (tertiary alicyclic amines) is 1. The Balaban J connectivity index is 1.70. The van der Waals surface area contributed by atoms with Gasteiger partial charge in [0.2, 0.25) is 0 Å². The van der Waals surface area contributed by atoms with Crippen LogP contribution in [0.2, 0.25) is 0 Å². The SMILES string of the molecule is CC1CN(C)CCC1N1CC(C)(C2CC2)NCC1C. The number of nitrogens with one attached hydrogen (secondary N) is 1. The maximum absolute atomic E-state index is 3.85. The van der Waals surface area contributed by atoms with Gasteiger partial charge in [0, 0.05) is 37.3 Å². The first kappa shape index (κ1) is 13.8. The normalized spacial score (nSPS) is 46.4. The molecule has 0 spiro atoms. The fourth-order valence-electron chi connectivity index (χ4n) is 4.36. The quantitative estimate of drug-likeness (QED) is 0.821. The Kier molecular flexibility index (Phi) is 3.65. The van der Waals surface area contributed by atoms with E-state index in [2.05, 4.69) is 42.9 Å². The molecule has 0 amide bonds. The van der Waals surface area contributed by atoms with Gasteiger partial charge in [-0.05, 0) is 58.5 Å². The van der Waals surface area contributed by atoms with Crippen molar-refractivity contribution in [1.82, 2.24) is 15.1 Å². The molecule has 3 heteroatoms.